The third-order valence-corrected chi connectivity index (χ3v) is 4.43. The van der Waals surface area contributed by atoms with Crippen LogP contribution in [0.15, 0.2) is 45.4 Å². The number of aromatic amines is 1. The number of hydrogen-bond donors (Lipinski definition) is 1. The van der Waals surface area contributed by atoms with Gasteiger partial charge in [-0.05, 0) is 18.5 Å². The van der Waals surface area contributed by atoms with Crippen LogP contribution in [-0.2, 0) is 0 Å². The van der Waals surface area contributed by atoms with Crippen LogP contribution in [0.2, 0.25) is 0 Å². The molecular formula is C14H9N5OS2. The summed E-state index contributed by atoms with van der Waals surface area (Å²) >= 11 is 2.10. The van der Waals surface area contributed by atoms with E-state index in [0.717, 1.165) is 28.4 Å². The fourth-order valence-electron chi connectivity index (χ4n) is 1.83. The first-order chi connectivity index (χ1) is 10.7. The Bertz CT molecular complexity index is 930. The van der Waals surface area contributed by atoms with Gasteiger partial charge in [-0.1, -0.05) is 41.7 Å². The summed E-state index contributed by atoms with van der Waals surface area (Å²) in [6, 6.07) is 9.44. The van der Waals surface area contributed by atoms with E-state index in [0.29, 0.717) is 27.1 Å². The molecule has 22 heavy (non-hydrogen) atoms. The zero-order valence-electron chi connectivity index (χ0n) is 11.4. The van der Waals surface area contributed by atoms with Crippen LogP contribution >= 0.6 is 22.9 Å². The molecule has 0 fully saturated rings. The van der Waals surface area contributed by atoms with Gasteiger partial charge in [0.1, 0.15) is 0 Å². The second kappa shape index (κ2) is 6.01. The SMILES string of the molecule is [C-]#[N+]c1c(C)nsc1/N=N/c1sc(=O)[nH]c1-c1ccccc1. The highest BCUT2D eigenvalue weighted by Gasteiger charge is 2.12. The fraction of sp³-hybridized carbons (Fsp3) is 0.0714. The minimum Gasteiger partial charge on any atom is -0.310 e. The van der Waals surface area contributed by atoms with E-state index in [1.54, 1.807) is 6.92 Å². The van der Waals surface area contributed by atoms with Crippen LogP contribution in [0.3, 0.4) is 0 Å². The number of rotatable bonds is 3. The first kappa shape index (κ1) is 14.3. The largest absolute Gasteiger partial charge is 0.310 e. The fourth-order valence-corrected chi connectivity index (χ4v) is 3.18. The van der Waals surface area contributed by atoms with Crippen molar-refractivity contribution in [3.8, 4) is 11.3 Å². The predicted molar refractivity (Wildman–Crippen MR) is 87.7 cm³/mol. The van der Waals surface area contributed by atoms with Crippen LogP contribution in [-0.4, -0.2) is 9.36 Å². The Morgan fingerprint density at radius 3 is 2.68 bits per heavy atom. The number of azo groups is 1. The molecule has 6 nitrogen and oxygen atoms in total. The highest BCUT2D eigenvalue weighted by molar-refractivity contribution is 7.13. The van der Waals surface area contributed by atoms with Gasteiger partial charge in [-0.3, -0.25) is 4.79 Å². The summed E-state index contributed by atoms with van der Waals surface area (Å²) in [7, 11) is 0. The summed E-state index contributed by atoms with van der Waals surface area (Å²) in [5.41, 5.74) is 2.53. The maximum Gasteiger partial charge on any atom is 0.307 e. The van der Waals surface area contributed by atoms with Gasteiger partial charge in [0, 0.05) is 5.56 Å². The van der Waals surface area contributed by atoms with E-state index in [1.165, 1.54) is 0 Å². The summed E-state index contributed by atoms with van der Waals surface area (Å²) in [6.07, 6.45) is 0. The van der Waals surface area contributed by atoms with Gasteiger partial charge in [-0.2, -0.15) is 0 Å². The Morgan fingerprint density at radius 1 is 1.23 bits per heavy atom. The average Bonchev–Trinajstić information content (AvgIpc) is 3.08. The third-order valence-electron chi connectivity index (χ3n) is 2.85. The molecule has 0 radical (unpaired) electrons. The lowest BCUT2D eigenvalue weighted by Gasteiger charge is -1.97. The molecule has 0 aliphatic carbocycles. The molecule has 1 N–H and O–H groups in total. The van der Waals surface area contributed by atoms with Gasteiger partial charge in [0.25, 0.3) is 0 Å². The molecule has 0 aliphatic heterocycles. The lowest BCUT2D eigenvalue weighted by atomic mass is 10.2. The number of nitrogens with zero attached hydrogens (tertiary/aromatic N) is 4. The van der Waals surface area contributed by atoms with Crippen molar-refractivity contribution >= 4 is 38.6 Å². The van der Waals surface area contributed by atoms with E-state index in [9.17, 15) is 4.79 Å². The van der Waals surface area contributed by atoms with E-state index < -0.39 is 0 Å². The Kier molecular flexibility index (Phi) is 3.91. The van der Waals surface area contributed by atoms with Crippen molar-refractivity contribution in [3.63, 3.8) is 0 Å². The zero-order valence-corrected chi connectivity index (χ0v) is 13.0. The molecule has 0 amide bonds. The lowest BCUT2D eigenvalue weighted by molar-refractivity contribution is 1.26. The monoisotopic (exact) mass is 327 g/mol. The van der Waals surface area contributed by atoms with Crippen LogP contribution in [0.4, 0.5) is 15.7 Å². The molecule has 3 aromatic rings. The number of nitrogens with one attached hydrogen (secondary N) is 1. The van der Waals surface area contributed by atoms with E-state index in [2.05, 4.69) is 24.4 Å². The zero-order chi connectivity index (χ0) is 15.5. The molecule has 0 spiro atoms. The smallest absolute Gasteiger partial charge is 0.307 e. The summed E-state index contributed by atoms with van der Waals surface area (Å²) in [4.78, 5) is 17.6. The molecular weight excluding hydrogens is 318 g/mol. The first-order valence-corrected chi connectivity index (χ1v) is 7.82. The van der Waals surface area contributed by atoms with Crippen LogP contribution < -0.4 is 4.87 Å². The van der Waals surface area contributed by atoms with Crippen LogP contribution in [0.1, 0.15) is 5.69 Å². The van der Waals surface area contributed by atoms with Crippen molar-refractivity contribution in [2.45, 2.75) is 6.92 Å². The number of thiazole rings is 1. The van der Waals surface area contributed by atoms with Gasteiger partial charge in [0.05, 0.1) is 18.0 Å². The van der Waals surface area contributed by atoms with E-state index in [-0.39, 0.29) is 4.87 Å². The Balaban J connectivity index is 2.02. The molecule has 0 unspecified atom stereocenters. The first-order valence-electron chi connectivity index (χ1n) is 6.23. The minimum absolute atomic E-state index is 0.196. The molecule has 8 heteroatoms. The van der Waals surface area contributed by atoms with Gasteiger partial charge in [-0.15, -0.1) is 10.2 Å². The Hall–Kier alpha value is -2.63. The van der Waals surface area contributed by atoms with E-state index in [4.69, 9.17) is 6.57 Å². The van der Waals surface area contributed by atoms with Crippen LogP contribution in [0, 0.1) is 13.5 Å². The van der Waals surface area contributed by atoms with Gasteiger partial charge in [0.2, 0.25) is 5.69 Å². The van der Waals surface area contributed by atoms with Crippen molar-refractivity contribution in [2.24, 2.45) is 10.2 Å². The van der Waals surface area contributed by atoms with Gasteiger partial charge in [-0.25, -0.2) is 9.22 Å². The molecule has 0 aliphatic rings. The van der Waals surface area contributed by atoms with Crippen molar-refractivity contribution in [2.75, 3.05) is 0 Å². The van der Waals surface area contributed by atoms with Gasteiger partial charge < -0.3 is 4.98 Å². The van der Waals surface area contributed by atoms with Crippen molar-refractivity contribution in [1.82, 2.24) is 9.36 Å². The Labute approximate surface area is 133 Å². The average molecular weight is 327 g/mol. The number of aromatic nitrogens is 2. The van der Waals surface area contributed by atoms with Gasteiger partial charge in [0.15, 0.2) is 10.0 Å². The molecule has 2 heterocycles. The van der Waals surface area contributed by atoms with Gasteiger partial charge >= 0.3 is 4.87 Å². The van der Waals surface area contributed by atoms with Crippen molar-refractivity contribution < 1.29 is 0 Å². The third kappa shape index (κ3) is 2.72. The molecule has 0 saturated heterocycles. The highest BCUT2D eigenvalue weighted by atomic mass is 32.1. The summed E-state index contributed by atoms with van der Waals surface area (Å²) in [5, 5.41) is 9.16. The van der Waals surface area contributed by atoms with Crippen molar-refractivity contribution in [1.29, 1.82) is 0 Å². The standard InChI is InChI=1S/C14H9N5OS2/c1-8-10(15-2)13(22-19-8)18-17-12-11(16-14(20)21-12)9-6-4-3-5-7-9/h3-7H,1H3,(H,16,20)/b18-17+. The van der Waals surface area contributed by atoms with Crippen molar-refractivity contribution in [3.05, 3.63) is 57.1 Å². The molecule has 1 aromatic carbocycles. The number of aryl methyl sites for hydroxylation is 1. The number of hydrogen-bond acceptors (Lipinski definition) is 6. The summed E-state index contributed by atoms with van der Waals surface area (Å²) in [6.45, 7) is 8.90. The molecule has 3 rings (SSSR count). The highest BCUT2D eigenvalue weighted by Crippen LogP contribution is 2.38. The quantitative estimate of drug-likeness (QED) is 0.552. The second-order valence-electron chi connectivity index (χ2n) is 4.29. The second-order valence-corrected chi connectivity index (χ2v) is 6.01. The molecule has 2 aromatic heterocycles. The van der Waals surface area contributed by atoms with Crippen LogP contribution in [0.25, 0.3) is 16.1 Å². The maximum atomic E-state index is 11.6. The minimum atomic E-state index is -0.196. The van der Waals surface area contributed by atoms with E-state index in [1.807, 2.05) is 30.3 Å². The molecule has 0 saturated carbocycles. The van der Waals surface area contributed by atoms with E-state index >= 15 is 0 Å². The topological polar surface area (TPSA) is 74.8 Å². The maximum absolute atomic E-state index is 11.6. The normalized spacial score (nSPS) is 10.9. The number of H-pyrrole nitrogens is 1. The summed E-state index contributed by atoms with van der Waals surface area (Å²) < 4.78 is 4.09. The summed E-state index contributed by atoms with van der Waals surface area (Å²) in [5.74, 6) is 0. The Morgan fingerprint density at radius 2 is 1.95 bits per heavy atom. The predicted octanol–water partition coefficient (Wildman–Crippen LogP) is 4.83. The molecule has 0 bridgehead atoms. The number of benzene rings is 1. The lowest BCUT2D eigenvalue weighted by Crippen LogP contribution is -1.91. The molecule has 108 valence electrons. The van der Waals surface area contributed by atoms with Crippen LogP contribution in [0.5, 0.6) is 0 Å². The molecule has 0 atom stereocenters.